The molecule has 1 heterocycles. The monoisotopic (exact) mass is 262 g/mol. The zero-order chi connectivity index (χ0) is 14.0. The van der Waals surface area contributed by atoms with E-state index in [4.69, 9.17) is 10.8 Å². The summed E-state index contributed by atoms with van der Waals surface area (Å²) in [6.07, 6.45) is -0.259. The van der Waals surface area contributed by atoms with Gasteiger partial charge in [-0.15, -0.1) is 0 Å². The number of aliphatic hydroxyl groups excluding tert-OH is 1. The lowest BCUT2D eigenvalue weighted by Crippen LogP contribution is -2.41. The third-order valence-corrected chi connectivity index (χ3v) is 3.07. The van der Waals surface area contributed by atoms with Crippen LogP contribution in [0.4, 0.5) is 0 Å². The summed E-state index contributed by atoms with van der Waals surface area (Å²) in [5.74, 6) is -0.964. The Kier molecular flexibility index (Phi) is 3.73. The van der Waals surface area contributed by atoms with Gasteiger partial charge in [0.1, 0.15) is 12.5 Å². The number of amides is 2. The molecule has 0 spiro atoms. The molecule has 2 rings (SSSR count). The molecule has 0 aromatic heterocycles. The van der Waals surface area contributed by atoms with Crippen molar-refractivity contribution < 1.29 is 19.5 Å². The number of aliphatic hydroxyl groups is 1. The van der Waals surface area contributed by atoms with Crippen molar-refractivity contribution in [1.29, 1.82) is 0 Å². The first-order valence-electron chi connectivity index (χ1n) is 5.92. The van der Waals surface area contributed by atoms with Gasteiger partial charge >= 0.3 is 0 Å². The molecule has 1 aliphatic heterocycles. The quantitative estimate of drug-likeness (QED) is 0.438. The van der Waals surface area contributed by atoms with E-state index in [0.717, 1.165) is 4.90 Å². The molecule has 1 aromatic carbocycles. The average Bonchev–Trinajstić information content (AvgIpc) is 2.65. The molecule has 6 nitrogen and oxygen atoms in total. The highest BCUT2D eigenvalue weighted by molar-refractivity contribution is 6.22. The first kappa shape index (κ1) is 13.4. The zero-order valence-electron chi connectivity index (χ0n) is 10.2. The van der Waals surface area contributed by atoms with Crippen LogP contribution in [-0.2, 0) is 4.79 Å². The summed E-state index contributed by atoms with van der Waals surface area (Å²) in [5, 5.41) is 9.02. The van der Waals surface area contributed by atoms with Crippen LogP contribution in [0.1, 0.15) is 33.6 Å². The van der Waals surface area contributed by atoms with Gasteiger partial charge < -0.3 is 15.6 Å². The average molecular weight is 262 g/mol. The van der Waals surface area contributed by atoms with Gasteiger partial charge in [0.05, 0.1) is 17.2 Å². The number of hydrogen-bond donors (Lipinski definition) is 2. The highest BCUT2D eigenvalue weighted by Crippen LogP contribution is 2.25. The molecule has 0 bridgehead atoms. The highest BCUT2D eigenvalue weighted by Gasteiger charge is 2.39. The summed E-state index contributed by atoms with van der Waals surface area (Å²) in [4.78, 5) is 36.2. The molecule has 0 fully saturated rings. The summed E-state index contributed by atoms with van der Waals surface area (Å²) >= 11 is 0. The Morgan fingerprint density at radius 2 is 1.68 bits per heavy atom. The molecule has 3 N–H and O–H groups in total. The number of hydrogen-bond acceptors (Lipinski definition) is 5. The van der Waals surface area contributed by atoms with E-state index in [2.05, 4.69) is 0 Å². The lowest BCUT2D eigenvalue weighted by atomic mass is 10.1. The van der Waals surface area contributed by atoms with E-state index in [-0.39, 0.29) is 12.8 Å². The SMILES string of the molecule is NC(O)CC[C@H](C=O)N1C(=O)c2ccccc2C1=O. The van der Waals surface area contributed by atoms with Crippen LogP contribution in [0.15, 0.2) is 24.3 Å². The molecule has 2 amide bonds. The second-order valence-electron chi connectivity index (χ2n) is 4.37. The number of nitrogens with zero attached hydrogens (tertiary/aromatic N) is 1. The van der Waals surface area contributed by atoms with E-state index in [1.165, 1.54) is 0 Å². The molecule has 0 saturated carbocycles. The third kappa shape index (κ3) is 2.40. The smallest absolute Gasteiger partial charge is 0.262 e. The van der Waals surface area contributed by atoms with E-state index in [0.29, 0.717) is 17.4 Å². The topological polar surface area (TPSA) is 101 Å². The standard InChI is InChI=1S/C13H14N2O4/c14-11(17)6-5-8(7-16)15-12(18)9-3-1-2-4-10(9)13(15)19/h1-4,7-8,11,17H,5-6,14H2/t8-,11?/m1/s1. The minimum absolute atomic E-state index is 0.136. The van der Waals surface area contributed by atoms with E-state index < -0.39 is 24.1 Å². The Bertz CT molecular complexity index is 492. The van der Waals surface area contributed by atoms with Crippen molar-refractivity contribution in [3.8, 4) is 0 Å². The fourth-order valence-electron chi connectivity index (χ4n) is 2.11. The van der Waals surface area contributed by atoms with Crippen molar-refractivity contribution in [2.24, 2.45) is 5.73 Å². The Labute approximate surface area is 109 Å². The van der Waals surface area contributed by atoms with Crippen LogP contribution in [0.25, 0.3) is 0 Å². The van der Waals surface area contributed by atoms with Gasteiger partial charge in [-0.1, -0.05) is 12.1 Å². The highest BCUT2D eigenvalue weighted by atomic mass is 16.3. The van der Waals surface area contributed by atoms with Crippen molar-refractivity contribution in [3.05, 3.63) is 35.4 Å². The van der Waals surface area contributed by atoms with Gasteiger partial charge in [-0.05, 0) is 25.0 Å². The van der Waals surface area contributed by atoms with E-state index >= 15 is 0 Å². The van der Waals surface area contributed by atoms with Gasteiger partial charge in [-0.2, -0.15) is 0 Å². The van der Waals surface area contributed by atoms with Crippen molar-refractivity contribution in [2.45, 2.75) is 25.1 Å². The lowest BCUT2D eigenvalue weighted by Gasteiger charge is -2.21. The van der Waals surface area contributed by atoms with Gasteiger partial charge in [-0.3, -0.25) is 14.5 Å². The number of fused-ring (bicyclic) bond motifs is 1. The number of rotatable bonds is 5. The van der Waals surface area contributed by atoms with Crippen LogP contribution in [0.3, 0.4) is 0 Å². The van der Waals surface area contributed by atoms with Crippen LogP contribution < -0.4 is 5.73 Å². The summed E-state index contributed by atoms with van der Waals surface area (Å²) in [7, 11) is 0. The molecule has 19 heavy (non-hydrogen) atoms. The molecule has 1 aliphatic rings. The molecule has 6 heteroatoms. The molecular weight excluding hydrogens is 248 g/mol. The predicted octanol–water partition coefficient (Wildman–Crippen LogP) is -0.0926. The summed E-state index contributed by atoms with van der Waals surface area (Å²) in [6, 6.07) is 5.52. The van der Waals surface area contributed by atoms with E-state index in [1.54, 1.807) is 24.3 Å². The molecule has 1 aromatic rings. The number of nitrogens with two attached hydrogens (primary N) is 1. The van der Waals surface area contributed by atoms with Gasteiger partial charge in [0.2, 0.25) is 0 Å². The van der Waals surface area contributed by atoms with Crippen LogP contribution in [-0.4, -0.2) is 40.4 Å². The number of benzene rings is 1. The minimum Gasteiger partial charge on any atom is -0.379 e. The molecular formula is C13H14N2O4. The second-order valence-corrected chi connectivity index (χ2v) is 4.37. The van der Waals surface area contributed by atoms with Gasteiger partial charge in [0.25, 0.3) is 11.8 Å². The molecule has 2 atom stereocenters. The number of carbonyl (C=O) groups is 3. The molecule has 0 saturated heterocycles. The first-order chi connectivity index (χ1) is 9.06. The maximum absolute atomic E-state index is 12.1. The summed E-state index contributed by atoms with van der Waals surface area (Å²) < 4.78 is 0. The third-order valence-electron chi connectivity index (χ3n) is 3.07. The fraction of sp³-hybridized carbons (Fsp3) is 0.308. The fourth-order valence-corrected chi connectivity index (χ4v) is 2.11. The van der Waals surface area contributed by atoms with Gasteiger partial charge in [-0.25, -0.2) is 0 Å². The summed E-state index contributed by atoms with van der Waals surface area (Å²) in [6.45, 7) is 0. The van der Waals surface area contributed by atoms with Crippen LogP contribution >= 0.6 is 0 Å². The van der Waals surface area contributed by atoms with Crippen molar-refractivity contribution >= 4 is 18.1 Å². The Balaban J connectivity index is 2.24. The van der Waals surface area contributed by atoms with Gasteiger partial charge in [0, 0.05) is 0 Å². The maximum Gasteiger partial charge on any atom is 0.262 e. The normalized spacial score (nSPS) is 17.3. The zero-order valence-corrected chi connectivity index (χ0v) is 10.2. The lowest BCUT2D eigenvalue weighted by molar-refractivity contribution is -0.111. The van der Waals surface area contributed by atoms with Crippen molar-refractivity contribution in [3.63, 3.8) is 0 Å². The number of carbonyl (C=O) groups excluding carboxylic acids is 3. The van der Waals surface area contributed by atoms with Crippen LogP contribution in [0.5, 0.6) is 0 Å². The number of imide groups is 1. The predicted molar refractivity (Wildman–Crippen MR) is 66.2 cm³/mol. The maximum atomic E-state index is 12.1. The largest absolute Gasteiger partial charge is 0.379 e. The number of aldehydes is 1. The Morgan fingerprint density at radius 3 is 2.11 bits per heavy atom. The van der Waals surface area contributed by atoms with E-state index in [9.17, 15) is 14.4 Å². The Morgan fingerprint density at radius 1 is 1.16 bits per heavy atom. The van der Waals surface area contributed by atoms with Crippen molar-refractivity contribution in [2.75, 3.05) is 0 Å². The molecule has 100 valence electrons. The Hall–Kier alpha value is -2.05. The van der Waals surface area contributed by atoms with Crippen LogP contribution in [0, 0.1) is 0 Å². The van der Waals surface area contributed by atoms with Crippen molar-refractivity contribution in [1.82, 2.24) is 4.90 Å². The molecule has 0 aliphatic carbocycles. The summed E-state index contributed by atoms with van der Waals surface area (Å²) in [5.41, 5.74) is 5.80. The second kappa shape index (κ2) is 5.29. The van der Waals surface area contributed by atoms with Gasteiger partial charge in [0.15, 0.2) is 0 Å². The first-order valence-corrected chi connectivity index (χ1v) is 5.92. The molecule has 0 radical (unpaired) electrons. The minimum atomic E-state index is -1.07. The molecule has 1 unspecified atom stereocenters. The van der Waals surface area contributed by atoms with E-state index in [1.807, 2.05) is 0 Å². The van der Waals surface area contributed by atoms with Crippen LogP contribution in [0.2, 0.25) is 0 Å².